The smallest absolute Gasteiger partial charge is 0.129 e. The molecule has 1 aliphatic rings. The fraction of sp³-hybridized carbons (Fsp3) is 0.727. The molecule has 68 valence electrons. The van der Waals surface area contributed by atoms with Crippen molar-refractivity contribution in [2.75, 3.05) is 0 Å². The van der Waals surface area contributed by atoms with Crippen LogP contribution in [0.1, 0.15) is 51.9 Å². The minimum atomic E-state index is 0.325. The SMILES string of the molecule is CC(=O)CCCC1=CCCCC1. The largest absolute Gasteiger partial charge is 0.300 e. The molecule has 0 unspecified atom stereocenters. The van der Waals surface area contributed by atoms with Crippen molar-refractivity contribution in [2.45, 2.75) is 51.9 Å². The fourth-order valence-electron chi connectivity index (χ4n) is 1.70. The lowest BCUT2D eigenvalue weighted by atomic mass is 9.95. The average Bonchev–Trinajstić information content (AvgIpc) is 2.05. The van der Waals surface area contributed by atoms with E-state index in [9.17, 15) is 4.79 Å². The zero-order valence-corrected chi connectivity index (χ0v) is 7.94. The summed E-state index contributed by atoms with van der Waals surface area (Å²) in [5, 5.41) is 0. The maximum absolute atomic E-state index is 10.7. The summed E-state index contributed by atoms with van der Waals surface area (Å²) in [6.07, 6.45) is 10.6. The van der Waals surface area contributed by atoms with E-state index in [-0.39, 0.29) is 0 Å². The van der Waals surface area contributed by atoms with Crippen molar-refractivity contribution in [1.82, 2.24) is 0 Å². The van der Waals surface area contributed by atoms with Crippen molar-refractivity contribution < 1.29 is 4.79 Å². The second-order valence-electron chi connectivity index (χ2n) is 3.66. The van der Waals surface area contributed by atoms with Gasteiger partial charge < -0.3 is 4.79 Å². The third-order valence-electron chi connectivity index (χ3n) is 2.41. The Hall–Kier alpha value is -0.590. The first kappa shape index (κ1) is 9.50. The lowest BCUT2D eigenvalue weighted by molar-refractivity contribution is -0.117. The van der Waals surface area contributed by atoms with E-state index in [0.717, 1.165) is 19.3 Å². The summed E-state index contributed by atoms with van der Waals surface area (Å²) >= 11 is 0. The highest BCUT2D eigenvalue weighted by Gasteiger charge is 2.03. The molecule has 1 aliphatic carbocycles. The highest BCUT2D eigenvalue weighted by Crippen LogP contribution is 2.21. The molecule has 0 aromatic carbocycles. The Bertz CT molecular complexity index is 179. The minimum Gasteiger partial charge on any atom is -0.300 e. The Labute approximate surface area is 74.9 Å². The van der Waals surface area contributed by atoms with E-state index in [2.05, 4.69) is 6.08 Å². The summed E-state index contributed by atoms with van der Waals surface area (Å²) in [4.78, 5) is 10.7. The van der Waals surface area contributed by atoms with Crippen LogP contribution in [0.4, 0.5) is 0 Å². The Morgan fingerprint density at radius 2 is 2.33 bits per heavy atom. The van der Waals surface area contributed by atoms with Gasteiger partial charge in [0.1, 0.15) is 5.78 Å². The lowest BCUT2D eigenvalue weighted by Crippen LogP contribution is -1.94. The second-order valence-corrected chi connectivity index (χ2v) is 3.66. The van der Waals surface area contributed by atoms with E-state index >= 15 is 0 Å². The zero-order valence-electron chi connectivity index (χ0n) is 7.94. The van der Waals surface area contributed by atoms with E-state index in [4.69, 9.17) is 0 Å². The van der Waals surface area contributed by atoms with E-state index < -0.39 is 0 Å². The van der Waals surface area contributed by atoms with Crippen LogP contribution in [0.2, 0.25) is 0 Å². The van der Waals surface area contributed by atoms with Crippen molar-refractivity contribution in [3.8, 4) is 0 Å². The molecule has 12 heavy (non-hydrogen) atoms. The zero-order chi connectivity index (χ0) is 8.81. The molecule has 0 saturated carbocycles. The van der Waals surface area contributed by atoms with E-state index in [0.29, 0.717) is 5.78 Å². The summed E-state index contributed by atoms with van der Waals surface area (Å²) < 4.78 is 0. The monoisotopic (exact) mass is 166 g/mol. The lowest BCUT2D eigenvalue weighted by Gasteiger charge is -2.11. The van der Waals surface area contributed by atoms with Crippen molar-refractivity contribution >= 4 is 5.78 Å². The Balaban J connectivity index is 2.13. The van der Waals surface area contributed by atoms with Gasteiger partial charge in [-0.15, -0.1) is 0 Å². The summed E-state index contributed by atoms with van der Waals surface area (Å²) in [6.45, 7) is 1.68. The van der Waals surface area contributed by atoms with Gasteiger partial charge in [-0.1, -0.05) is 11.6 Å². The van der Waals surface area contributed by atoms with Crippen LogP contribution in [-0.4, -0.2) is 5.78 Å². The third kappa shape index (κ3) is 3.70. The summed E-state index contributed by atoms with van der Waals surface area (Å²) in [7, 11) is 0. The molecule has 0 heterocycles. The number of allylic oxidation sites excluding steroid dienone is 2. The molecule has 0 aromatic heterocycles. The molecule has 0 atom stereocenters. The number of Topliss-reactive ketones (excluding diaryl/α,β-unsaturated/α-hetero) is 1. The molecular weight excluding hydrogens is 148 g/mol. The van der Waals surface area contributed by atoms with Crippen LogP contribution in [0.5, 0.6) is 0 Å². The van der Waals surface area contributed by atoms with E-state index in [1.807, 2.05) is 0 Å². The maximum atomic E-state index is 10.7. The molecular formula is C11H18O. The maximum Gasteiger partial charge on any atom is 0.129 e. The number of hydrogen-bond donors (Lipinski definition) is 0. The van der Waals surface area contributed by atoms with Gasteiger partial charge in [0.15, 0.2) is 0 Å². The average molecular weight is 166 g/mol. The van der Waals surface area contributed by atoms with Gasteiger partial charge in [0.2, 0.25) is 0 Å². The van der Waals surface area contributed by atoms with Gasteiger partial charge in [0.25, 0.3) is 0 Å². The molecule has 1 nitrogen and oxygen atoms in total. The van der Waals surface area contributed by atoms with Crippen LogP contribution in [0, 0.1) is 0 Å². The quantitative estimate of drug-likeness (QED) is 0.586. The highest BCUT2D eigenvalue weighted by molar-refractivity contribution is 5.75. The normalized spacial score (nSPS) is 17.2. The van der Waals surface area contributed by atoms with Crippen LogP contribution in [-0.2, 0) is 4.79 Å². The first-order valence-electron chi connectivity index (χ1n) is 4.96. The van der Waals surface area contributed by atoms with Crippen LogP contribution in [0.25, 0.3) is 0 Å². The van der Waals surface area contributed by atoms with Crippen LogP contribution in [0.15, 0.2) is 11.6 Å². The molecule has 0 aromatic rings. The van der Waals surface area contributed by atoms with Crippen LogP contribution >= 0.6 is 0 Å². The molecule has 0 bridgehead atoms. The molecule has 0 aliphatic heterocycles. The second kappa shape index (κ2) is 5.13. The summed E-state index contributed by atoms with van der Waals surface area (Å²) in [6, 6.07) is 0. The Morgan fingerprint density at radius 1 is 1.50 bits per heavy atom. The van der Waals surface area contributed by atoms with Gasteiger partial charge in [-0.25, -0.2) is 0 Å². The van der Waals surface area contributed by atoms with Gasteiger partial charge >= 0.3 is 0 Å². The molecule has 1 heteroatoms. The third-order valence-corrected chi connectivity index (χ3v) is 2.41. The van der Waals surface area contributed by atoms with Crippen molar-refractivity contribution in [3.63, 3.8) is 0 Å². The number of rotatable bonds is 4. The molecule has 0 N–H and O–H groups in total. The van der Waals surface area contributed by atoms with Crippen molar-refractivity contribution in [2.24, 2.45) is 0 Å². The van der Waals surface area contributed by atoms with Crippen molar-refractivity contribution in [3.05, 3.63) is 11.6 Å². The number of ketones is 1. The van der Waals surface area contributed by atoms with Gasteiger partial charge in [-0.2, -0.15) is 0 Å². The highest BCUT2D eigenvalue weighted by atomic mass is 16.1. The van der Waals surface area contributed by atoms with E-state index in [1.165, 1.54) is 25.7 Å². The van der Waals surface area contributed by atoms with E-state index in [1.54, 1.807) is 12.5 Å². The van der Waals surface area contributed by atoms with Gasteiger partial charge in [-0.3, -0.25) is 0 Å². The van der Waals surface area contributed by atoms with Crippen LogP contribution < -0.4 is 0 Å². The van der Waals surface area contributed by atoms with Crippen LogP contribution in [0.3, 0.4) is 0 Å². The van der Waals surface area contributed by atoms with Crippen molar-refractivity contribution in [1.29, 1.82) is 0 Å². The number of carbonyl (C=O) groups is 1. The molecule has 0 radical (unpaired) electrons. The number of carbonyl (C=O) groups excluding carboxylic acids is 1. The predicted octanol–water partition coefficient (Wildman–Crippen LogP) is 3.25. The van der Waals surface area contributed by atoms with Gasteiger partial charge in [0.05, 0.1) is 0 Å². The molecule has 0 amide bonds. The predicted molar refractivity (Wildman–Crippen MR) is 51.1 cm³/mol. The van der Waals surface area contributed by atoms with Gasteiger partial charge in [0, 0.05) is 6.42 Å². The number of hydrogen-bond acceptors (Lipinski definition) is 1. The summed E-state index contributed by atoms with van der Waals surface area (Å²) in [5.74, 6) is 0.325. The molecule has 0 saturated heterocycles. The Kier molecular flexibility index (Phi) is 4.06. The summed E-state index contributed by atoms with van der Waals surface area (Å²) in [5.41, 5.74) is 1.59. The first-order chi connectivity index (χ1) is 5.79. The molecule has 1 rings (SSSR count). The standard InChI is InChI=1S/C11H18O/c1-10(12)6-5-9-11-7-3-2-4-8-11/h7H,2-6,8-9H2,1H3. The topological polar surface area (TPSA) is 17.1 Å². The first-order valence-corrected chi connectivity index (χ1v) is 4.96. The van der Waals surface area contributed by atoms with Gasteiger partial charge in [-0.05, 0) is 45.4 Å². The fourth-order valence-corrected chi connectivity index (χ4v) is 1.70. The Morgan fingerprint density at radius 3 is 2.92 bits per heavy atom. The molecule has 0 fully saturated rings. The minimum absolute atomic E-state index is 0.325. The molecule has 0 spiro atoms.